The first-order valence-corrected chi connectivity index (χ1v) is 10.8. The summed E-state index contributed by atoms with van der Waals surface area (Å²) >= 11 is 0. The van der Waals surface area contributed by atoms with Crippen LogP contribution >= 0.6 is 0 Å². The Kier molecular flexibility index (Phi) is 7.65. The number of carbonyl (C=O) groups is 3. The molecule has 1 aliphatic rings. The molecule has 0 bridgehead atoms. The van der Waals surface area contributed by atoms with Crippen molar-refractivity contribution >= 4 is 18.0 Å². The minimum absolute atomic E-state index is 0.184. The second-order valence-electron chi connectivity index (χ2n) is 8.79. The minimum Gasteiger partial charge on any atom is -0.485 e. The Bertz CT molecular complexity index is 1040. The van der Waals surface area contributed by atoms with E-state index < -0.39 is 23.7 Å². The molecule has 0 spiro atoms. The predicted molar refractivity (Wildman–Crippen MR) is 122 cm³/mol. The summed E-state index contributed by atoms with van der Waals surface area (Å²) < 4.78 is 27.1. The Morgan fingerprint density at radius 1 is 1.09 bits per heavy atom. The van der Waals surface area contributed by atoms with E-state index in [2.05, 4.69) is 5.32 Å². The highest BCUT2D eigenvalue weighted by molar-refractivity contribution is 5.81. The molecule has 2 atom stereocenters. The summed E-state index contributed by atoms with van der Waals surface area (Å²) in [6.07, 6.45) is -0.853. The number of alkyl carbamates (subject to hydrolysis) is 1. The molecule has 2 unspecified atom stereocenters. The standard InChI is InChI=1S/C25H29NO8/c1-15(27)32-18-9-7-17(8-10-18)22-14-31-21-13-16(6-11-20(21)33-22)12-19(23(28)30-5)26-24(29)34-25(2,3)4/h6-11,13,19,22H,12,14H2,1-5H3,(H,26,29). The molecule has 9 heteroatoms. The van der Waals surface area contributed by atoms with Crippen molar-refractivity contribution < 1.29 is 38.1 Å². The summed E-state index contributed by atoms with van der Waals surface area (Å²) in [6, 6.07) is 11.4. The SMILES string of the molecule is COC(=O)C(Cc1ccc2c(c1)OCC(c1ccc(OC(C)=O)cc1)O2)NC(=O)OC(C)(C)C. The quantitative estimate of drug-likeness (QED) is 0.501. The summed E-state index contributed by atoms with van der Waals surface area (Å²) in [6.45, 7) is 6.84. The lowest BCUT2D eigenvalue weighted by Gasteiger charge is -2.27. The van der Waals surface area contributed by atoms with Crippen molar-refractivity contribution in [2.24, 2.45) is 0 Å². The van der Waals surface area contributed by atoms with Gasteiger partial charge in [-0.15, -0.1) is 0 Å². The second kappa shape index (κ2) is 10.5. The van der Waals surface area contributed by atoms with Crippen LogP contribution in [0.4, 0.5) is 4.79 Å². The van der Waals surface area contributed by atoms with Crippen molar-refractivity contribution in [3.8, 4) is 17.2 Å². The van der Waals surface area contributed by atoms with Gasteiger partial charge < -0.3 is 29.0 Å². The van der Waals surface area contributed by atoms with Gasteiger partial charge in [0.05, 0.1) is 7.11 Å². The Balaban J connectivity index is 1.67. The number of amides is 1. The first-order chi connectivity index (χ1) is 16.0. The van der Waals surface area contributed by atoms with Gasteiger partial charge in [0.1, 0.15) is 24.0 Å². The summed E-state index contributed by atoms with van der Waals surface area (Å²) in [5.74, 6) is 0.576. The van der Waals surface area contributed by atoms with Crippen LogP contribution in [0.1, 0.15) is 44.9 Å². The van der Waals surface area contributed by atoms with Crippen molar-refractivity contribution in [3.05, 3.63) is 53.6 Å². The molecule has 1 heterocycles. The zero-order chi connectivity index (χ0) is 24.9. The van der Waals surface area contributed by atoms with Crippen molar-refractivity contribution in [2.45, 2.75) is 51.9 Å². The Labute approximate surface area is 198 Å². The van der Waals surface area contributed by atoms with Gasteiger partial charge in [0, 0.05) is 13.3 Å². The molecule has 0 fully saturated rings. The normalized spacial score (nSPS) is 15.6. The molecule has 0 aliphatic carbocycles. The largest absolute Gasteiger partial charge is 0.485 e. The van der Waals surface area contributed by atoms with Crippen LogP contribution in [-0.4, -0.2) is 43.4 Å². The molecule has 2 aromatic rings. The van der Waals surface area contributed by atoms with E-state index in [9.17, 15) is 14.4 Å². The molecule has 0 saturated heterocycles. The molecule has 182 valence electrons. The topological polar surface area (TPSA) is 109 Å². The van der Waals surface area contributed by atoms with Gasteiger partial charge >= 0.3 is 18.0 Å². The van der Waals surface area contributed by atoms with Gasteiger partial charge in [-0.2, -0.15) is 0 Å². The molecule has 0 saturated carbocycles. The van der Waals surface area contributed by atoms with Crippen molar-refractivity contribution in [1.82, 2.24) is 5.32 Å². The molecular weight excluding hydrogens is 442 g/mol. The lowest BCUT2D eigenvalue weighted by Crippen LogP contribution is -2.45. The first-order valence-electron chi connectivity index (χ1n) is 10.8. The lowest BCUT2D eigenvalue weighted by molar-refractivity contribution is -0.143. The van der Waals surface area contributed by atoms with E-state index in [4.69, 9.17) is 23.7 Å². The zero-order valence-corrected chi connectivity index (χ0v) is 19.9. The third kappa shape index (κ3) is 6.87. The molecule has 1 aliphatic heterocycles. The maximum atomic E-state index is 12.2. The molecule has 1 N–H and O–H groups in total. The number of carbonyl (C=O) groups excluding carboxylic acids is 3. The first kappa shape index (κ1) is 24.9. The third-order valence-electron chi connectivity index (χ3n) is 4.80. The average molecular weight is 472 g/mol. The van der Waals surface area contributed by atoms with Gasteiger partial charge in [0.2, 0.25) is 0 Å². The van der Waals surface area contributed by atoms with Crippen LogP contribution in [0.5, 0.6) is 17.2 Å². The fourth-order valence-electron chi connectivity index (χ4n) is 3.34. The maximum absolute atomic E-state index is 12.2. The number of fused-ring (bicyclic) bond motifs is 1. The number of ether oxygens (including phenoxy) is 5. The highest BCUT2D eigenvalue weighted by Gasteiger charge is 2.27. The third-order valence-corrected chi connectivity index (χ3v) is 4.80. The van der Waals surface area contributed by atoms with Crippen LogP contribution in [0.2, 0.25) is 0 Å². The molecule has 9 nitrogen and oxygen atoms in total. The fraction of sp³-hybridized carbons (Fsp3) is 0.400. The summed E-state index contributed by atoms with van der Waals surface area (Å²) in [5, 5.41) is 2.56. The van der Waals surface area contributed by atoms with E-state index in [0.717, 1.165) is 11.1 Å². The number of nitrogens with one attached hydrogen (secondary N) is 1. The highest BCUT2D eigenvalue weighted by Crippen LogP contribution is 2.37. The average Bonchev–Trinajstić information content (AvgIpc) is 2.76. The van der Waals surface area contributed by atoms with Crippen LogP contribution in [0.3, 0.4) is 0 Å². The number of esters is 2. The monoisotopic (exact) mass is 471 g/mol. The Hall–Kier alpha value is -3.75. The molecule has 1 amide bonds. The van der Waals surface area contributed by atoms with Crippen molar-refractivity contribution in [1.29, 1.82) is 0 Å². The van der Waals surface area contributed by atoms with Crippen molar-refractivity contribution in [3.63, 3.8) is 0 Å². The number of rotatable bonds is 6. The maximum Gasteiger partial charge on any atom is 0.408 e. The summed E-state index contributed by atoms with van der Waals surface area (Å²) in [7, 11) is 1.26. The van der Waals surface area contributed by atoms with Crippen LogP contribution in [0.15, 0.2) is 42.5 Å². The van der Waals surface area contributed by atoms with Crippen LogP contribution in [0.25, 0.3) is 0 Å². The van der Waals surface area contributed by atoms with Gasteiger partial charge in [0.25, 0.3) is 0 Å². The number of hydrogen-bond donors (Lipinski definition) is 1. The molecule has 34 heavy (non-hydrogen) atoms. The van der Waals surface area contributed by atoms with Crippen LogP contribution in [-0.2, 0) is 25.5 Å². The summed E-state index contributed by atoms with van der Waals surface area (Å²) in [5.41, 5.74) is 0.926. The molecule has 2 aromatic carbocycles. The Morgan fingerprint density at radius 3 is 2.41 bits per heavy atom. The highest BCUT2D eigenvalue weighted by atomic mass is 16.6. The predicted octanol–water partition coefficient (Wildman–Crippen LogP) is 3.73. The van der Waals surface area contributed by atoms with Crippen LogP contribution in [0, 0.1) is 0 Å². The molecule has 3 rings (SSSR count). The Morgan fingerprint density at radius 2 is 1.79 bits per heavy atom. The van der Waals surface area contributed by atoms with Gasteiger partial charge in [-0.25, -0.2) is 9.59 Å². The van der Waals surface area contributed by atoms with E-state index in [1.54, 1.807) is 51.1 Å². The molecule has 0 radical (unpaired) electrons. The van der Waals surface area contributed by atoms with E-state index in [1.165, 1.54) is 14.0 Å². The van der Waals surface area contributed by atoms with Gasteiger partial charge in [0.15, 0.2) is 17.6 Å². The second-order valence-corrected chi connectivity index (χ2v) is 8.79. The summed E-state index contributed by atoms with van der Waals surface area (Å²) in [4.78, 5) is 35.4. The smallest absolute Gasteiger partial charge is 0.408 e. The number of hydrogen-bond acceptors (Lipinski definition) is 8. The van der Waals surface area contributed by atoms with Gasteiger partial charge in [-0.1, -0.05) is 18.2 Å². The van der Waals surface area contributed by atoms with E-state index >= 15 is 0 Å². The van der Waals surface area contributed by atoms with E-state index in [1.807, 2.05) is 12.1 Å². The molecular formula is C25H29NO8. The number of benzene rings is 2. The van der Waals surface area contributed by atoms with E-state index in [0.29, 0.717) is 17.2 Å². The fourth-order valence-corrected chi connectivity index (χ4v) is 3.34. The minimum atomic E-state index is -0.925. The lowest BCUT2D eigenvalue weighted by atomic mass is 10.0. The molecule has 0 aromatic heterocycles. The van der Waals surface area contributed by atoms with Crippen molar-refractivity contribution in [2.75, 3.05) is 13.7 Å². The van der Waals surface area contributed by atoms with E-state index in [-0.39, 0.29) is 25.1 Å². The number of methoxy groups -OCH3 is 1. The van der Waals surface area contributed by atoms with Crippen LogP contribution < -0.4 is 19.5 Å². The van der Waals surface area contributed by atoms with Gasteiger partial charge in [-0.05, 0) is 56.2 Å². The zero-order valence-electron chi connectivity index (χ0n) is 19.9. The van der Waals surface area contributed by atoms with Gasteiger partial charge in [-0.3, -0.25) is 4.79 Å².